The number of hydrogen-bond acceptors (Lipinski definition) is 5. The molecular formula is C34H31NO5. The lowest BCUT2D eigenvalue weighted by molar-refractivity contribution is -0.132. The van der Waals surface area contributed by atoms with Gasteiger partial charge in [-0.05, 0) is 66.9 Å². The Labute approximate surface area is 234 Å². The molecule has 6 heteroatoms. The Morgan fingerprint density at radius 1 is 0.825 bits per heavy atom. The smallest absolute Gasteiger partial charge is 0.300 e. The molecule has 1 saturated heterocycles. The molecule has 1 aliphatic heterocycles. The maximum absolute atomic E-state index is 13.5. The van der Waals surface area contributed by atoms with Crippen LogP contribution in [0.3, 0.4) is 0 Å². The predicted molar refractivity (Wildman–Crippen MR) is 156 cm³/mol. The molecule has 1 fully saturated rings. The molecule has 202 valence electrons. The van der Waals surface area contributed by atoms with Crippen LogP contribution in [0.4, 0.5) is 5.69 Å². The van der Waals surface area contributed by atoms with Gasteiger partial charge in [0.1, 0.15) is 23.0 Å². The van der Waals surface area contributed by atoms with Crippen LogP contribution in [-0.4, -0.2) is 23.4 Å². The number of rotatable bonds is 8. The summed E-state index contributed by atoms with van der Waals surface area (Å²) >= 11 is 0. The summed E-state index contributed by atoms with van der Waals surface area (Å²) in [6, 6.07) is 30.1. The molecular weight excluding hydrogens is 502 g/mol. The molecule has 1 heterocycles. The fourth-order valence-electron chi connectivity index (χ4n) is 4.71. The number of aliphatic hydroxyl groups excluding tert-OH is 1. The zero-order valence-electron chi connectivity index (χ0n) is 22.7. The Balaban J connectivity index is 1.56. The second-order valence-corrected chi connectivity index (χ2v) is 10.2. The Morgan fingerprint density at radius 3 is 2.20 bits per heavy atom. The van der Waals surface area contributed by atoms with Crippen molar-refractivity contribution in [2.24, 2.45) is 5.92 Å². The number of hydrogen-bond donors (Lipinski definition) is 1. The molecule has 40 heavy (non-hydrogen) atoms. The van der Waals surface area contributed by atoms with Crippen LogP contribution in [0.2, 0.25) is 0 Å². The van der Waals surface area contributed by atoms with Crippen LogP contribution in [0.5, 0.6) is 17.2 Å². The van der Waals surface area contributed by atoms with Gasteiger partial charge in [-0.1, -0.05) is 74.0 Å². The normalized spacial score (nSPS) is 16.4. The quantitative estimate of drug-likeness (QED) is 0.145. The van der Waals surface area contributed by atoms with Crippen LogP contribution in [0.1, 0.15) is 36.6 Å². The van der Waals surface area contributed by atoms with Gasteiger partial charge in [0, 0.05) is 11.3 Å². The van der Waals surface area contributed by atoms with E-state index in [1.807, 2.05) is 75.4 Å². The highest BCUT2D eigenvalue weighted by Crippen LogP contribution is 2.43. The molecule has 0 radical (unpaired) electrons. The maximum atomic E-state index is 13.5. The van der Waals surface area contributed by atoms with Crippen molar-refractivity contribution < 1.29 is 24.2 Å². The van der Waals surface area contributed by atoms with Gasteiger partial charge >= 0.3 is 0 Å². The van der Waals surface area contributed by atoms with Crippen LogP contribution in [-0.2, 0) is 9.59 Å². The molecule has 0 bridgehead atoms. The summed E-state index contributed by atoms with van der Waals surface area (Å²) in [7, 11) is 0. The fraction of sp³-hybridized carbons (Fsp3) is 0.176. The molecule has 0 spiro atoms. The van der Waals surface area contributed by atoms with Crippen molar-refractivity contribution in [3.8, 4) is 17.2 Å². The SMILES string of the molecule is Cc1cccc(C2/C(=C(/O)c3cccc(OCC(C)C)c3)C(=O)C(=O)N2c2ccc(Oc3ccccc3)cc2)c1. The molecule has 4 aromatic rings. The molecule has 1 unspecified atom stereocenters. The van der Waals surface area contributed by atoms with Gasteiger partial charge < -0.3 is 14.6 Å². The first-order valence-electron chi connectivity index (χ1n) is 13.3. The summed E-state index contributed by atoms with van der Waals surface area (Å²) in [4.78, 5) is 28.5. The van der Waals surface area contributed by atoms with Crippen LogP contribution in [0.25, 0.3) is 5.76 Å². The van der Waals surface area contributed by atoms with Crippen molar-refractivity contribution >= 4 is 23.1 Å². The summed E-state index contributed by atoms with van der Waals surface area (Å²) in [5.41, 5.74) is 2.64. The van der Waals surface area contributed by atoms with Crippen LogP contribution >= 0.6 is 0 Å². The van der Waals surface area contributed by atoms with Crippen molar-refractivity contribution in [2.75, 3.05) is 11.5 Å². The number of Topliss-reactive ketones (excluding diaryl/α,β-unsaturated/α-hetero) is 1. The van der Waals surface area contributed by atoms with E-state index in [1.54, 1.807) is 48.5 Å². The summed E-state index contributed by atoms with van der Waals surface area (Å²) < 4.78 is 11.7. The van der Waals surface area contributed by atoms with Crippen molar-refractivity contribution in [3.63, 3.8) is 0 Å². The Bertz CT molecular complexity index is 1560. The highest BCUT2D eigenvalue weighted by Gasteiger charge is 2.47. The second kappa shape index (κ2) is 11.5. The zero-order chi connectivity index (χ0) is 28.2. The molecule has 1 N–H and O–H groups in total. The summed E-state index contributed by atoms with van der Waals surface area (Å²) in [6.45, 7) is 6.56. The molecule has 1 amide bonds. The molecule has 0 saturated carbocycles. The molecule has 0 aromatic heterocycles. The number of carbonyl (C=O) groups is 2. The van der Waals surface area contributed by atoms with E-state index in [9.17, 15) is 14.7 Å². The van der Waals surface area contributed by atoms with E-state index in [0.29, 0.717) is 41.0 Å². The Hall–Kier alpha value is -4.84. The lowest BCUT2D eigenvalue weighted by Gasteiger charge is -2.26. The van der Waals surface area contributed by atoms with Crippen LogP contribution < -0.4 is 14.4 Å². The number of ketones is 1. The Kier molecular flexibility index (Phi) is 7.69. The minimum Gasteiger partial charge on any atom is -0.507 e. The number of para-hydroxylation sites is 1. The topological polar surface area (TPSA) is 76.1 Å². The highest BCUT2D eigenvalue weighted by molar-refractivity contribution is 6.51. The molecule has 4 aromatic carbocycles. The number of benzene rings is 4. The van der Waals surface area contributed by atoms with Crippen molar-refractivity contribution in [3.05, 3.63) is 125 Å². The third-order valence-electron chi connectivity index (χ3n) is 6.59. The van der Waals surface area contributed by atoms with E-state index in [0.717, 1.165) is 11.1 Å². The van der Waals surface area contributed by atoms with E-state index in [4.69, 9.17) is 9.47 Å². The molecule has 6 nitrogen and oxygen atoms in total. The summed E-state index contributed by atoms with van der Waals surface area (Å²) in [6.07, 6.45) is 0. The van der Waals surface area contributed by atoms with Crippen LogP contribution in [0, 0.1) is 12.8 Å². The van der Waals surface area contributed by atoms with Gasteiger partial charge in [0.15, 0.2) is 0 Å². The van der Waals surface area contributed by atoms with Gasteiger partial charge in [0.25, 0.3) is 11.7 Å². The fourth-order valence-corrected chi connectivity index (χ4v) is 4.71. The van der Waals surface area contributed by atoms with E-state index in [-0.39, 0.29) is 11.3 Å². The molecule has 0 aliphatic carbocycles. The monoisotopic (exact) mass is 533 g/mol. The third kappa shape index (κ3) is 5.61. The first kappa shape index (κ1) is 26.8. The predicted octanol–water partition coefficient (Wildman–Crippen LogP) is 7.45. The lowest BCUT2D eigenvalue weighted by Crippen LogP contribution is -2.29. The van der Waals surface area contributed by atoms with E-state index in [1.165, 1.54) is 4.90 Å². The summed E-state index contributed by atoms with van der Waals surface area (Å²) in [5, 5.41) is 11.5. The van der Waals surface area contributed by atoms with Gasteiger partial charge in [0.2, 0.25) is 0 Å². The van der Waals surface area contributed by atoms with E-state index < -0.39 is 17.7 Å². The zero-order valence-corrected chi connectivity index (χ0v) is 22.7. The van der Waals surface area contributed by atoms with Gasteiger partial charge in [0.05, 0.1) is 18.2 Å². The molecule has 1 aliphatic rings. The number of aliphatic hydroxyl groups is 1. The minimum atomic E-state index is -0.818. The number of amides is 1. The largest absolute Gasteiger partial charge is 0.507 e. The van der Waals surface area contributed by atoms with Gasteiger partial charge in [-0.2, -0.15) is 0 Å². The third-order valence-corrected chi connectivity index (χ3v) is 6.59. The maximum Gasteiger partial charge on any atom is 0.300 e. The van der Waals surface area contributed by atoms with Crippen molar-refractivity contribution in [1.29, 1.82) is 0 Å². The number of aryl methyl sites for hydroxylation is 1. The average molecular weight is 534 g/mol. The number of carbonyl (C=O) groups excluding carboxylic acids is 2. The second-order valence-electron chi connectivity index (χ2n) is 10.2. The van der Waals surface area contributed by atoms with E-state index in [2.05, 4.69) is 0 Å². The van der Waals surface area contributed by atoms with Gasteiger partial charge in [-0.3, -0.25) is 14.5 Å². The van der Waals surface area contributed by atoms with Crippen molar-refractivity contribution in [2.45, 2.75) is 26.8 Å². The number of anilines is 1. The van der Waals surface area contributed by atoms with E-state index >= 15 is 0 Å². The standard InChI is InChI=1S/C34H31NO5/c1-22(2)21-39-29-14-8-11-25(20-29)32(36)30-31(24-10-7-9-23(3)19-24)35(34(38)33(30)37)26-15-17-28(18-16-26)40-27-12-5-4-6-13-27/h4-20,22,31,36H,21H2,1-3H3/b32-30-. The average Bonchev–Trinajstić information content (AvgIpc) is 3.22. The van der Waals surface area contributed by atoms with Gasteiger partial charge in [-0.25, -0.2) is 0 Å². The van der Waals surface area contributed by atoms with Gasteiger partial charge in [-0.15, -0.1) is 0 Å². The first-order valence-corrected chi connectivity index (χ1v) is 13.3. The number of ether oxygens (including phenoxy) is 2. The first-order chi connectivity index (χ1) is 19.3. The minimum absolute atomic E-state index is 0.0289. The summed E-state index contributed by atoms with van der Waals surface area (Å²) in [5.74, 6) is 0.485. The molecule has 1 atom stereocenters. The highest BCUT2D eigenvalue weighted by atomic mass is 16.5. The Morgan fingerprint density at radius 2 is 1.50 bits per heavy atom. The van der Waals surface area contributed by atoms with Crippen molar-refractivity contribution in [1.82, 2.24) is 0 Å². The molecule has 5 rings (SSSR count). The lowest BCUT2D eigenvalue weighted by atomic mass is 9.94. The van der Waals surface area contributed by atoms with Crippen LogP contribution in [0.15, 0.2) is 109 Å². The number of nitrogens with zero attached hydrogens (tertiary/aromatic N) is 1.